The van der Waals surface area contributed by atoms with Gasteiger partial charge in [-0.25, -0.2) is 0 Å². The second-order valence-corrected chi connectivity index (χ2v) is 6.10. The van der Waals surface area contributed by atoms with Crippen LogP contribution >= 0.6 is 15.9 Å². The van der Waals surface area contributed by atoms with Gasteiger partial charge in [0.25, 0.3) is 0 Å². The van der Waals surface area contributed by atoms with E-state index in [1.54, 1.807) is 0 Å². The number of hydrogen-bond acceptors (Lipinski definition) is 0. The van der Waals surface area contributed by atoms with Crippen LogP contribution in [0.1, 0.15) is 52.9 Å². The Bertz CT molecular complexity index is 193. The van der Waals surface area contributed by atoms with E-state index in [4.69, 9.17) is 0 Å². The van der Waals surface area contributed by atoms with E-state index in [9.17, 15) is 0 Å². The van der Waals surface area contributed by atoms with E-state index in [-0.39, 0.29) is 0 Å². The number of rotatable bonds is 3. The molecule has 1 aliphatic carbocycles. The van der Waals surface area contributed by atoms with Crippen LogP contribution in [0.25, 0.3) is 0 Å². The normalized spacial score (nSPS) is 31.6. The first-order valence-corrected chi connectivity index (χ1v) is 6.87. The van der Waals surface area contributed by atoms with Gasteiger partial charge in [0.2, 0.25) is 0 Å². The van der Waals surface area contributed by atoms with E-state index in [2.05, 4.69) is 42.8 Å². The summed E-state index contributed by atoms with van der Waals surface area (Å²) in [6, 6.07) is 0. The van der Waals surface area contributed by atoms with Crippen LogP contribution < -0.4 is 0 Å². The zero-order valence-electron chi connectivity index (χ0n) is 9.72. The van der Waals surface area contributed by atoms with Gasteiger partial charge in [-0.15, -0.1) is 0 Å². The molecular weight excluding hydrogens is 236 g/mol. The molecule has 3 unspecified atom stereocenters. The number of hydrogen-bond donors (Lipinski definition) is 0. The molecular formula is C13H23Br. The lowest BCUT2D eigenvalue weighted by atomic mass is 9.79. The first kappa shape index (κ1) is 12.3. The Kier molecular flexibility index (Phi) is 5.22. The van der Waals surface area contributed by atoms with Gasteiger partial charge in [-0.2, -0.15) is 0 Å². The summed E-state index contributed by atoms with van der Waals surface area (Å²) < 4.78 is 0. The fourth-order valence-electron chi connectivity index (χ4n) is 2.36. The Labute approximate surface area is 97.3 Å². The van der Waals surface area contributed by atoms with Crippen molar-refractivity contribution in [2.45, 2.75) is 57.7 Å². The third-order valence-electron chi connectivity index (χ3n) is 3.53. The van der Waals surface area contributed by atoms with Crippen LogP contribution in [0.4, 0.5) is 0 Å². The third-order valence-corrected chi connectivity index (χ3v) is 4.25. The fraction of sp³-hybridized carbons (Fsp3) is 0.846. The summed E-state index contributed by atoms with van der Waals surface area (Å²) in [6.45, 7) is 6.79. The van der Waals surface area contributed by atoms with Gasteiger partial charge in [-0.3, -0.25) is 0 Å². The van der Waals surface area contributed by atoms with Crippen LogP contribution in [0.3, 0.4) is 0 Å². The van der Waals surface area contributed by atoms with Crippen molar-refractivity contribution in [3.63, 3.8) is 0 Å². The molecule has 0 radical (unpaired) electrons. The number of halogens is 1. The standard InChI is InChI=1S/C13H23Br/c1-4-12-6-5-7-13(9-12)8-10(2)11(3)14/h8,11-13H,4-7,9H2,1-3H3/b10-8-. The topological polar surface area (TPSA) is 0 Å². The second kappa shape index (κ2) is 5.95. The average molecular weight is 259 g/mol. The summed E-state index contributed by atoms with van der Waals surface area (Å²) >= 11 is 3.63. The zero-order valence-corrected chi connectivity index (χ0v) is 11.3. The molecule has 0 saturated heterocycles. The molecule has 1 fully saturated rings. The van der Waals surface area contributed by atoms with Crippen molar-refractivity contribution < 1.29 is 0 Å². The smallest absolute Gasteiger partial charge is 0.0323 e. The largest absolute Gasteiger partial charge is 0.0846 e. The molecule has 0 aliphatic heterocycles. The Morgan fingerprint density at radius 2 is 2.21 bits per heavy atom. The molecule has 0 heterocycles. The molecule has 0 nitrogen and oxygen atoms in total. The minimum Gasteiger partial charge on any atom is -0.0846 e. The highest BCUT2D eigenvalue weighted by molar-refractivity contribution is 9.09. The van der Waals surface area contributed by atoms with E-state index in [1.807, 2.05) is 0 Å². The Morgan fingerprint density at radius 3 is 2.79 bits per heavy atom. The van der Waals surface area contributed by atoms with E-state index >= 15 is 0 Å². The number of allylic oxidation sites excluding steroid dienone is 2. The van der Waals surface area contributed by atoms with Gasteiger partial charge < -0.3 is 0 Å². The Balaban J connectivity index is 2.48. The van der Waals surface area contributed by atoms with Crippen LogP contribution in [-0.4, -0.2) is 4.83 Å². The zero-order chi connectivity index (χ0) is 10.6. The summed E-state index contributed by atoms with van der Waals surface area (Å²) in [5, 5.41) is 0. The lowest BCUT2D eigenvalue weighted by Crippen LogP contribution is -2.14. The SMILES string of the molecule is CCC1CCCC(/C=C(/C)C(C)Br)C1. The predicted molar refractivity (Wildman–Crippen MR) is 67.9 cm³/mol. The van der Waals surface area contributed by atoms with Crippen molar-refractivity contribution in [2.24, 2.45) is 11.8 Å². The van der Waals surface area contributed by atoms with Crippen molar-refractivity contribution in [1.82, 2.24) is 0 Å². The molecule has 0 aromatic heterocycles. The van der Waals surface area contributed by atoms with Gasteiger partial charge in [-0.1, -0.05) is 53.8 Å². The number of alkyl halides is 1. The van der Waals surface area contributed by atoms with Crippen molar-refractivity contribution >= 4 is 15.9 Å². The third kappa shape index (κ3) is 3.76. The highest BCUT2D eigenvalue weighted by Crippen LogP contribution is 2.32. The molecule has 0 aromatic rings. The van der Waals surface area contributed by atoms with Crippen molar-refractivity contribution in [3.05, 3.63) is 11.6 Å². The Morgan fingerprint density at radius 1 is 1.50 bits per heavy atom. The molecule has 3 atom stereocenters. The van der Waals surface area contributed by atoms with Crippen LogP contribution in [-0.2, 0) is 0 Å². The minimum absolute atomic E-state index is 0.546. The van der Waals surface area contributed by atoms with Gasteiger partial charge in [0.05, 0.1) is 0 Å². The van der Waals surface area contributed by atoms with Crippen LogP contribution in [0.15, 0.2) is 11.6 Å². The lowest BCUT2D eigenvalue weighted by Gasteiger charge is -2.27. The summed E-state index contributed by atoms with van der Waals surface area (Å²) in [4.78, 5) is 0.546. The van der Waals surface area contributed by atoms with E-state index in [0.717, 1.165) is 11.8 Å². The van der Waals surface area contributed by atoms with Gasteiger partial charge in [0.1, 0.15) is 0 Å². The predicted octanol–water partition coefficient (Wildman–Crippen LogP) is 4.93. The highest BCUT2D eigenvalue weighted by Gasteiger charge is 2.19. The van der Waals surface area contributed by atoms with Gasteiger partial charge in [0, 0.05) is 4.83 Å². The summed E-state index contributed by atoms with van der Waals surface area (Å²) in [7, 11) is 0. The second-order valence-electron chi connectivity index (χ2n) is 4.73. The molecule has 0 bridgehead atoms. The van der Waals surface area contributed by atoms with E-state index in [1.165, 1.54) is 37.7 Å². The van der Waals surface area contributed by atoms with Crippen molar-refractivity contribution in [3.8, 4) is 0 Å². The lowest BCUT2D eigenvalue weighted by molar-refractivity contribution is 0.297. The first-order chi connectivity index (χ1) is 6.63. The highest BCUT2D eigenvalue weighted by atomic mass is 79.9. The van der Waals surface area contributed by atoms with Gasteiger partial charge in [0.15, 0.2) is 0 Å². The summed E-state index contributed by atoms with van der Waals surface area (Å²) in [6.07, 6.45) is 9.60. The Hall–Kier alpha value is 0.220. The minimum atomic E-state index is 0.546. The van der Waals surface area contributed by atoms with E-state index in [0.29, 0.717) is 4.83 Å². The van der Waals surface area contributed by atoms with Crippen molar-refractivity contribution in [2.75, 3.05) is 0 Å². The molecule has 82 valence electrons. The average Bonchev–Trinajstić information content (AvgIpc) is 2.18. The maximum atomic E-state index is 3.63. The molecule has 14 heavy (non-hydrogen) atoms. The molecule has 1 saturated carbocycles. The fourth-order valence-corrected chi connectivity index (χ4v) is 2.51. The van der Waals surface area contributed by atoms with Gasteiger partial charge >= 0.3 is 0 Å². The van der Waals surface area contributed by atoms with E-state index < -0.39 is 0 Å². The summed E-state index contributed by atoms with van der Waals surface area (Å²) in [5.74, 6) is 1.84. The molecule has 0 spiro atoms. The molecule has 1 aliphatic rings. The maximum Gasteiger partial charge on any atom is 0.0323 e. The summed E-state index contributed by atoms with van der Waals surface area (Å²) in [5.41, 5.74) is 1.51. The maximum absolute atomic E-state index is 3.63. The molecule has 0 N–H and O–H groups in total. The monoisotopic (exact) mass is 258 g/mol. The van der Waals surface area contributed by atoms with Crippen LogP contribution in [0.2, 0.25) is 0 Å². The van der Waals surface area contributed by atoms with Crippen LogP contribution in [0, 0.1) is 11.8 Å². The quantitative estimate of drug-likeness (QED) is 0.498. The molecule has 1 heteroatoms. The van der Waals surface area contributed by atoms with Gasteiger partial charge in [-0.05, 0) is 38.5 Å². The van der Waals surface area contributed by atoms with Crippen molar-refractivity contribution in [1.29, 1.82) is 0 Å². The molecule has 1 rings (SSSR count). The molecule has 0 aromatic carbocycles. The molecule has 0 amide bonds. The first-order valence-electron chi connectivity index (χ1n) is 5.95. The van der Waals surface area contributed by atoms with Crippen LogP contribution in [0.5, 0.6) is 0 Å².